The van der Waals surface area contributed by atoms with Crippen molar-refractivity contribution in [3.05, 3.63) is 35.9 Å². The molecule has 0 unspecified atom stereocenters. The molecule has 2 N–H and O–H groups in total. The van der Waals surface area contributed by atoms with Crippen molar-refractivity contribution < 1.29 is 9.47 Å². The van der Waals surface area contributed by atoms with E-state index in [1.165, 1.54) is 0 Å². The summed E-state index contributed by atoms with van der Waals surface area (Å²) >= 11 is 0. The van der Waals surface area contributed by atoms with Crippen molar-refractivity contribution in [2.24, 2.45) is 5.73 Å². The van der Waals surface area contributed by atoms with E-state index in [1.54, 1.807) is 0 Å². The largest absolute Gasteiger partial charge is 0.346 e. The van der Waals surface area contributed by atoms with Gasteiger partial charge in [-0.05, 0) is 19.4 Å². The van der Waals surface area contributed by atoms with Crippen molar-refractivity contribution in [3.8, 4) is 0 Å². The normalized spacial score (nSPS) is 28.2. The molecule has 0 spiro atoms. The van der Waals surface area contributed by atoms with E-state index in [0.717, 1.165) is 37.9 Å². The van der Waals surface area contributed by atoms with Gasteiger partial charge < -0.3 is 15.2 Å². The molecule has 0 radical (unpaired) electrons. The van der Waals surface area contributed by atoms with Gasteiger partial charge in [-0.2, -0.15) is 0 Å². The van der Waals surface area contributed by atoms with E-state index in [-0.39, 0.29) is 6.10 Å². The van der Waals surface area contributed by atoms with Crippen LogP contribution in [0.3, 0.4) is 0 Å². The van der Waals surface area contributed by atoms with E-state index in [4.69, 9.17) is 15.2 Å². The lowest BCUT2D eigenvalue weighted by Crippen LogP contribution is -2.43. The molecule has 2 rings (SSSR count). The highest BCUT2D eigenvalue weighted by Gasteiger charge is 2.39. The third-order valence-corrected chi connectivity index (χ3v) is 3.41. The molecular formula is C15H23NO2. The summed E-state index contributed by atoms with van der Waals surface area (Å²) in [7, 11) is 0. The summed E-state index contributed by atoms with van der Waals surface area (Å²) in [6.07, 6.45) is 3.98. The summed E-state index contributed by atoms with van der Waals surface area (Å²) in [4.78, 5) is 0. The minimum Gasteiger partial charge on any atom is -0.346 e. The van der Waals surface area contributed by atoms with E-state index in [9.17, 15) is 0 Å². The van der Waals surface area contributed by atoms with Gasteiger partial charge in [0, 0.05) is 12.0 Å². The van der Waals surface area contributed by atoms with Crippen molar-refractivity contribution in [2.75, 3.05) is 13.2 Å². The summed E-state index contributed by atoms with van der Waals surface area (Å²) < 4.78 is 12.2. The molecule has 1 aromatic carbocycles. The second-order valence-electron chi connectivity index (χ2n) is 4.82. The van der Waals surface area contributed by atoms with Gasteiger partial charge in [-0.3, -0.25) is 0 Å². The molecule has 1 aliphatic heterocycles. The van der Waals surface area contributed by atoms with Crippen LogP contribution in [0.4, 0.5) is 0 Å². The molecule has 0 aromatic heterocycles. The van der Waals surface area contributed by atoms with Crippen LogP contribution in [0.2, 0.25) is 0 Å². The maximum atomic E-state index is 6.24. The van der Waals surface area contributed by atoms with Crippen molar-refractivity contribution in [1.29, 1.82) is 0 Å². The molecule has 1 fully saturated rings. The average molecular weight is 249 g/mol. The fourth-order valence-electron chi connectivity index (χ4n) is 2.55. The van der Waals surface area contributed by atoms with Gasteiger partial charge in [0.05, 0.1) is 12.7 Å². The number of rotatable bonds is 5. The van der Waals surface area contributed by atoms with Crippen LogP contribution in [-0.4, -0.2) is 19.3 Å². The summed E-state index contributed by atoms with van der Waals surface area (Å²) in [5, 5.41) is 0. The Bertz CT molecular complexity index is 349. The molecule has 0 amide bonds. The summed E-state index contributed by atoms with van der Waals surface area (Å²) in [5.41, 5.74) is 6.76. The molecule has 1 aromatic rings. The Balaban J connectivity index is 2.21. The number of ether oxygens (including phenoxy) is 2. The summed E-state index contributed by atoms with van der Waals surface area (Å²) in [6, 6.07) is 10.3. The highest BCUT2D eigenvalue weighted by atomic mass is 16.7. The van der Waals surface area contributed by atoms with Crippen LogP contribution >= 0.6 is 0 Å². The minimum atomic E-state index is -0.561. The van der Waals surface area contributed by atoms with Gasteiger partial charge in [-0.15, -0.1) is 0 Å². The first-order chi connectivity index (χ1) is 8.80. The fourth-order valence-corrected chi connectivity index (χ4v) is 2.55. The Morgan fingerprint density at radius 3 is 2.78 bits per heavy atom. The molecule has 1 heterocycles. The van der Waals surface area contributed by atoms with E-state index in [0.29, 0.717) is 6.54 Å². The number of nitrogens with two attached hydrogens (primary N) is 1. The van der Waals surface area contributed by atoms with E-state index >= 15 is 0 Å². The van der Waals surface area contributed by atoms with Crippen LogP contribution in [0.15, 0.2) is 30.3 Å². The second kappa shape index (κ2) is 6.32. The lowest BCUT2D eigenvalue weighted by molar-refractivity contribution is -0.306. The average Bonchev–Trinajstić information content (AvgIpc) is 2.41. The second-order valence-corrected chi connectivity index (χ2v) is 4.82. The Labute approximate surface area is 109 Å². The lowest BCUT2D eigenvalue weighted by atomic mass is 9.98. The maximum Gasteiger partial charge on any atom is 0.195 e. The molecule has 100 valence electrons. The first kappa shape index (κ1) is 13.5. The summed E-state index contributed by atoms with van der Waals surface area (Å²) in [6.45, 7) is 3.57. The van der Waals surface area contributed by atoms with Crippen molar-refractivity contribution in [1.82, 2.24) is 0 Å². The lowest BCUT2D eigenvalue weighted by Gasteiger charge is -2.41. The zero-order valence-electron chi connectivity index (χ0n) is 11.1. The Morgan fingerprint density at radius 2 is 2.11 bits per heavy atom. The van der Waals surface area contributed by atoms with Gasteiger partial charge in [0.1, 0.15) is 0 Å². The molecule has 0 bridgehead atoms. The molecule has 1 saturated heterocycles. The van der Waals surface area contributed by atoms with Gasteiger partial charge in [0.2, 0.25) is 0 Å². The smallest absolute Gasteiger partial charge is 0.195 e. The Morgan fingerprint density at radius 1 is 1.33 bits per heavy atom. The van der Waals surface area contributed by atoms with Gasteiger partial charge in [0.25, 0.3) is 0 Å². The predicted octanol–water partition coefficient (Wildman–Crippen LogP) is 2.79. The molecule has 0 aliphatic carbocycles. The molecule has 3 nitrogen and oxygen atoms in total. The zero-order chi connectivity index (χ0) is 12.8. The van der Waals surface area contributed by atoms with Crippen molar-refractivity contribution >= 4 is 0 Å². The van der Waals surface area contributed by atoms with Crippen LogP contribution in [0, 0.1) is 0 Å². The molecule has 18 heavy (non-hydrogen) atoms. The maximum absolute atomic E-state index is 6.24. The van der Waals surface area contributed by atoms with E-state index in [2.05, 4.69) is 19.1 Å². The van der Waals surface area contributed by atoms with Crippen LogP contribution in [-0.2, 0) is 15.3 Å². The highest BCUT2D eigenvalue weighted by Crippen LogP contribution is 2.37. The van der Waals surface area contributed by atoms with Gasteiger partial charge >= 0.3 is 0 Å². The standard InChI is InChI=1S/C15H23NO2/c1-2-10-15(13-6-4-3-5-7-13)17-12-9-14(18-15)8-11-16/h3-7,14H,2,8-12,16H2,1H3/t14-,15-/m0/s1. The summed E-state index contributed by atoms with van der Waals surface area (Å²) in [5.74, 6) is -0.561. The number of hydrogen-bond donors (Lipinski definition) is 1. The molecule has 1 aliphatic rings. The highest BCUT2D eigenvalue weighted by molar-refractivity contribution is 5.20. The van der Waals surface area contributed by atoms with Crippen LogP contribution in [0.5, 0.6) is 0 Å². The first-order valence-corrected chi connectivity index (χ1v) is 6.88. The van der Waals surface area contributed by atoms with Gasteiger partial charge in [-0.1, -0.05) is 43.7 Å². The Kier molecular flexibility index (Phi) is 4.75. The van der Waals surface area contributed by atoms with E-state index < -0.39 is 5.79 Å². The number of hydrogen-bond acceptors (Lipinski definition) is 3. The van der Waals surface area contributed by atoms with Crippen molar-refractivity contribution in [3.63, 3.8) is 0 Å². The third-order valence-electron chi connectivity index (χ3n) is 3.41. The zero-order valence-corrected chi connectivity index (χ0v) is 11.1. The quantitative estimate of drug-likeness (QED) is 0.872. The number of benzene rings is 1. The van der Waals surface area contributed by atoms with Crippen LogP contribution in [0.25, 0.3) is 0 Å². The first-order valence-electron chi connectivity index (χ1n) is 6.88. The van der Waals surface area contributed by atoms with Crippen LogP contribution in [0.1, 0.15) is 38.2 Å². The monoisotopic (exact) mass is 249 g/mol. The fraction of sp³-hybridized carbons (Fsp3) is 0.600. The van der Waals surface area contributed by atoms with Crippen molar-refractivity contribution in [2.45, 2.75) is 44.5 Å². The topological polar surface area (TPSA) is 44.5 Å². The third kappa shape index (κ3) is 2.91. The molecule has 2 atom stereocenters. The van der Waals surface area contributed by atoms with Crippen LogP contribution < -0.4 is 5.73 Å². The van der Waals surface area contributed by atoms with Gasteiger partial charge in [0.15, 0.2) is 5.79 Å². The van der Waals surface area contributed by atoms with E-state index in [1.807, 2.05) is 18.2 Å². The Hall–Kier alpha value is -0.900. The SMILES string of the molecule is CCC[C@]1(c2ccccc2)OCC[C@H](CCN)O1. The predicted molar refractivity (Wildman–Crippen MR) is 72.1 cm³/mol. The molecular weight excluding hydrogens is 226 g/mol. The molecule has 0 saturated carbocycles. The van der Waals surface area contributed by atoms with Gasteiger partial charge in [-0.25, -0.2) is 0 Å². The molecule has 3 heteroatoms. The minimum absolute atomic E-state index is 0.218.